The average Bonchev–Trinajstić information content (AvgIpc) is 3.00. The smallest absolute Gasteiger partial charge is 0.205 e. The third kappa shape index (κ3) is 2.06. The fourth-order valence-corrected chi connectivity index (χ4v) is 3.30. The van der Waals surface area contributed by atoms with Crippen LogP contribution in [0.15, 0.2) is 12.4 Å². The zero-order valence-corrected chi connectivity index (χ0v) is 10.6. The molecule has 2 aliphatic rings. The van der Waals surface area contributed by atoms with Crippen LogP contribution in [0.3, 0.4) is 0 Å². The Balaban J connectivity index is 1.82. The van der Waals surface area contributed by atoms with Crippen molar-refractivity contribution in [3.05, 3.63) is 12.4 Å². The molecule has 3 rings (SSSR count). The summed E-state index contributed by atoms with van der Waals surface area (Å²) in [5.74, 6) is 1.14. The van der Waals surface area contributed by atoms with Crippen molar-refractivity contribution in [3.63, 3.8) is 0 Å². The van der Waals surface area contributed by atoms with Gasteiger partial charge in [0.05, 0.1) is 0 Å². The van der Waals surface area contributed by atoms with Gasteiger partial charge in [0.2, 0.25) is 5.95 Å². The van der Waals surface area contributed by atoms with Gasteiger partial charge in [-0.05, 0) is 38.6 Å². The van der Waals surface area contributed by atoms with Crippen molar-refractivity contribution < 1.29 is 0 Å². The summed E-state index contributed by atoms with van der Waals surface area (Å²) < 4.78 is 2.15. The van der Waals surface area contributed by atoms with Crippen LogP contribution in [0.2, 0.25) is 0 Å². The Hall–Kier alpha value is -1.03. The van der Waals surface area contributed by atoms with E-state index in [1.54, 1.807) is 0 Å². The molecule has 0 aromatic carbocycles. The van der Waals surface area contributed by atoms with E-state index in [1.807, 2.05) is 12.4 Å². The van der Waals surface area contributed by atoms with E-state index in [9.17, 15) is 0 Å². The molecule has 2 atom stereocenters. The monoisotopic (exact) mass is 234 g/mol. The molecule has 2 unspecified atom stereocenters. The quantitative estimate of drug-likeness (QED) is 0.842. The first-order valence-electron chi connectivity index (χ1n) is 6.83. The lowest BCUT2D eigenvalue weighted by Gasteiger charge is -2.39. The lowest BCUT2D eigenvalue weighted by molar-refractivity contribution is 0.372. The minimum atomic E-state index is 0.646. The molecule has 2 aliphatic heterocycles. The molecule has 0 amide bonds. The van der Waals surface area contributed by atoms with Crippen molar-refractivity contribution in [2.45, 2.75) is 44.2 Å². The van der Waals surface area contributed by atoms with Gasteiger partial charge in [-0.25, -0.2) is 4.98 Å². The van der Waals surface area contributed by atoms with Gasteiger partial charge in [0, 0.05) is 38.1 Å². The topological polar surface area (TPSA) is 33.1 Å². The Labute approximate surface area is 103 Å². The third-order valence-corrected chi connectivity index (χ3v) is 4.16. The van der Waals surface area contributed by atoms with Crippen LogP contribution in [0.4, 0.5) is 5.95 Å². The first-order valence-corrected chi connectivity index (χ1v) is 6.83. The number of nitrogens with zero attached hydrogens (tertiary/aromatic N) is 3. The van der Waals surface area contributed by atoms with Crippen LogP contribution in [-0.4, -0.2) is 34.7 Å². The number of hydrogen-bond donors (Lipinski definition) is 1. The van der Waals surface area contributed by atoms with Crippen molar-refractivity contribution in [3.8, 4) is 0 Å². The predicted molar refractivity (Wildman–Crippen MR) is 69.2 cm³/mol. The highest BCUT2D eigenvalue weighted by molar-refractivity contribution is 5.34. The van der Waals surface area contributed by atoms with Crippen molar-refractivity contribution in [2.24, 2.45) is 7.05 Å². The molecule has 1 N–H and O–H groups in total. The van der Waals surface area contributed by atoms with E-state index in [1.165, 1.54) is 38.6 Å². The number of anilines is 1. The van der Waals surface area contributed by atoms with Gasteiger partial charge in [0.25, 0.3) is 0 Å². The molecule has 3 heterocycles. The summed E-state index contributed by atoms with van der Waals surface area (Å²) >= 11 is 0. The van der Waals surface area contributed by atoms with Gasteiger partial charge < -0.3 is 14.8 Å². The molecule has 0 bridgehead atoms. The average molecular weight is 234 g/mol. The van der Waals surface area contributed by atoms with Crippen LogP contribution in [0.1, 0.15) is 32.1 Å². The van der Waals surface area contributed by atoms with Gasteiger partial charge in [0.15, 0.2) is 0 Å². The standard InChI is InChI=1S/C13H22N4/c1-16-10-8-15-13(16)17-9-3-2-6-12(17)11-5-4-7-14-11/h8,10-12,14H,2-7,9H2,1H3. The maximum Gasteiger partial charge on any atom is 0.205 e. The number of hydrogen-bond acceptors (Lipinski definition) is 3. The van der Waals surface area contributed by atoms with Gasteiger partial charge in [-0.1, -0.05) is 0 Å². The Morgan fingerprint density at radius 2 is 2.24 bits per heavy atom. The fourth-order valence-electron chi connectivity index (χ4n) is 3.30. The number of piperidine rings is 1. The van der Waals surface area contributed by atoms with Crippen LogP contribution < -0.4 is 10.2 Å². The summed E-state index contributed by atoms with van der Waals surface area (Å²) in [5.41, 5.74) is 0. The van der Waals surface area contributed by atoms with Crippen molar-refractivity contribution >= 4 is 5.95 Å². The molecule has 4 nitrogen and oxygen atoms in total. The van der Waals surface area contributed by atoms with E-state index in [4.69, 9.17) is 0 Å². The first-order chi connectivity index (χ1) is 8.36. The van der Waals surface area contributed by atoms with E-state index in [2.05, 4.69) is 26.8 Å². The SMILES string of the molecule is Cn1ccnc1N1CCCCC1C1CCCN1. The molecule has 0 radical (unpaired) electrons. The molecule has 0 aliphatic carbocycles. The predicted octanol–water partition coefficient (Wildman–Crippen LogP) is 1.53. The highest BCUT2D eigenvalue weighted by Gasteiger charge is 2.33. The van der Waals surface area contributed by atoms with Crippen LogP contribution >= 0.6 is 0 Å². The highest BCUT2D eigenvalue weighted by Crippen LogP contribution is 2.27. The fraction of sp³-hybridized carbons (Fsp3) is 0.769. The van der Waals surface area contributed by atoms with E-state index >= 15 is 0 Å². The zero-order valence-electron chi connectivity index (χ0n) is 10.6. The maximum atomic E-state index is 4.52. The summed E-state index contributed by atoms with van der Waals surface area (Å²) in [7, 11) is 2.09. The van der Waals surface area contributed by atoms with Gasteiger partial charge in [0.1, 0.15) is 0 Å². The largest absolute Gasteiger partial charge is 0.338 e. The third-order valence-electron chi connectivity index (χ3n) is 4.16. The Morgan fingerprint density at radius 3 is 2.94 bits per heavy atom. The summed E-state index contributed by atoms with van der Waals surface area (Å²) in [6.07, 6.45) is 10.6. The number of rotatable bonds is 2. The second-order valence-electron chi connectivity index (χ2n) is 5.30. The molecule has 1 aromatic rings. The summed E-state index contributed by atoms with van der Waals surface area (Å²) in [6, 6.07) is 1.32. The lowest BCUT2D eigenvalue weighted by Crippen LogP contribution is -2.51. The van der Waals surface area contributed by atoms with Gasteiger partial charge in [-0.3, -0.25) is 0 Å². The Kier molecular flexibility index (Phi) is 3.05. The number of aromatic nitrogens is 2. The molecule has 4 heteroatoms. The molecular formula is C13H22N4. The Bertz CT molecular complexity index is 367. The normalized spacial score (nSPS) is 29.8. The van der Waals surface area contributed by atoms with Gasteiger partial charge in [-0.2, -0.15) is 0 Å². The summed E-state index contributed by atoms with van der Waals surface area (Å²) in [4.78, 5) is 7.04. The summed E-state index contributed by atoms with van der Waals surface area (Å²) in [6.45, 7) is 2.35. The molecule has 94 valence electrons. The summed E-state index contributed by atoms with van der Waals surface area (Å²) in [5, 5.41) is 3.66. The number of nitrogens with one attached hydrogen (secondary N) is 1. The van der Waals surface area contributed by atoms with Crippen molar-refractivity contribution in [1.82, 2.24) is 14.9 Å². The second kappa shape index (κ2) is 4.69. The zero-order chi connectivity index (χ0) is 11.7. The van der Waals surface area contributed by atoms with Crippen molar-refractivity contribution in [1.29, 1.82) is 0 Å². The molecule has 1 aromatic heterocycles. The molecule has 2 saturated heterocycles. The van der Waals surface area contributed by atoms with Crippen LogP contribution in [0.5, 0.6) is 0 Å². The van der Waals surface area contributed by atoms with Crippen LogP contribution in [0, 0.1) is 0 Å². The molecule has 17 heavy (non-hydrogen) atoms. The second-order valence-corrected chi connectivity index (χ2v) is 5.30. The van der Waals surface area contributed by atoms with E-state index in [-0.39, 0.29) is 0 Å². The minimum absolute atomic E-state index is 0.646. The molecular weight excluding hydrogens is 212 g/mol. The van der Waals surface area contributed by atoms with Crippen molar-refractivity contribution in [2.75, 3.05) is 18.0 Å². The van der Waals surface area contributed by atoms with Gasteiger partial charge >= 0.3 is 0 Å². The maximum absolute atomic E-state index is 4.52. The van der Waals surface area contributed by atoms with E-state index in [0.717, 1.165) is 12.5 Å². The van der Waals surface area contributed by atoms with Gasteiger partial charge in [-0.15, -0.1) is 0 Å². The lowest BCUT2D eigenvalue weighted by atomic mass is 9.95. The van der Waals surface area contributed by atoms with E-state index in [0.29, 0.717) is 12.1 Å². The number of imidazole rings is 1. The van der Waals surface area contributed by atoms with Crippen LogP contribution in [0.25, 0.3) is 0 Å². The van der Waals surface area contributed by atoms with E-state index < -0.39 is 0 Å². The molecule has 0 spiro atoms. The first kappa shape index (κ1) is 11.1. The number of aryl methyl sites for hydroxylation is 1. The Morgan fingerprint density at radius 1 is 1.29 bits per heavy atom. The minimum Gasteiger partial charge on any atom is -0.338 e. The van der Waals surface area contributed by atoms with Crippen LogP contribution in [-0.2, 0) is 7.05 Å². The molecule has 2 fully saturated rings. The molecule has 0 saturated carbocycles. The highest BCUT2D eigenvalue weighted by atomic mass is 15.3.